The van der Waals surface area contributed by atoms with Crippen molar-refractivity contribution in [2.24, 2.45) is 0 Å². The van der Waals surface area contributed by atoms with Crippen LogP contribution in [0.3, 0.4) is 0 Å². The summed E-state index contributed by atoms with van der Waals surface area (Å²) in [6.07, 6.45) is 6.47. The molecule has 3 saturated heterocycles. The van der Waals surface area contributed by atoms with Crippen LogP contribution in [0.2, 0.25) is 0 Å². The van der Waals surface area contributed by atoms with Gasteiger partial charge in [0.05, 0.1) is 6.10 Å². The number of methoxy groups -OCH3 is 1. The average molecular weight is 268 g/mol. The summed E-state index contributed by atoms with van der Waals surface area (Å²) in [5.41, 5.74) is 0. The molecule has 0 aliphatic carbocycles. The Morgan fingerprint density at radius 2 is 1.79 bits per heavy atom. The van der Waals surface area contributed by atoms with E-state index in [0.29, 0.717) is 24.2 Å². The maximum atomic E-state index is 12.5. The van der Waals surface area contributed by atoms with Gasteiger partial charge in [0, 0.05) is 38.4 Å². The lowest BCUT2D eigenvalue weighted by Gasteiger charge is -2.39. The van der Waals surface area contributed by atoms with Gasteiger partial charge >= 0.3 is 6.03 Å². The van der Waals surface area contributed by atoms with Gasteiger partial charge in [0.1, 0.15) is 0 Å². The summed E-state index contributed by atoms with van der Waals surface area (Å²) < 4.78 is 10.8. The molecule has 1 N–H and O–H groups in total. The smallest absolute Gasteiger partial charge is 0.318 e. The second-order valence-corrected chi connectivity index (χ2v) is 5.96. The Balaban J connectivity index is 1.58. The highest BCUT2D eigenvalue weighted by molar-refractivity contribution is 5.75. The lowest BCUT2D eigenvalue weighted by atomic mass is 10.00. The van der Waals surface area contributed by atoms with Crippen LogP contribution in [-0.2, 0) is 9.47 Å². The molecule has 0 aromatic carbocycles. The van der Waals surface area contributed by atoms with Crippen LogP contribution in [0.15, 0.2) is 0 Å². The fourth-order valence-electron chi connectivity index (χ4n) is 3.74. The molecule has 3 aliphatic rings. The molecule has 0 aromatic rings. The number of nitrogens with zero attached hydrogens (tertiary/aromatic N) is 1. The molecule has 2 atom stereocenters. The van der Waals surface area contributed by atoms with Crippen molar-refractivity contribution in [3.05, 3.63) is 0 Å². The Labute approximate surface area is 114 Å². The zero-order chi connectivity index (χ0) is 13.2. The zero-order valence-corrected chi connectivity index (χ0v) is 11.6. The SMILES string of the molecule is COC1CC2CCC(C1)N2C(=O)NC1CCOCC1. The lowest BCUT2D eigenvalue weighted by Crippen LogP contribution is -2.54. The molecule has 0 saturated carbocycles. The van der Waals surface area contributed by atoms with E-state index in [1.807, 2.05) is 0 Å². The third-order valence-corrected chi connectivity index (χ3v) is 4.81. The van der Waals surface area contributed by atoms with Crippen molar-refractivity contribution in [3.8, 4) is 0 Å². The highest BCUT2D eigenvalue weighted by Crippen LogP contribution is 2.36. The molecule has 3 aliphatic heterocycles. The molecule has 3 fully saturated rings. The fourth-order valence-corrected chi connectivity index (χ4v) is 3.74. The Hall–Kier alpha value is -0.810. The van der Waals surface area contributed by atoms with Crippen LogP contribution in [0.1, 0.15) is 38.5 Å². The molecule has 5 heteroatoms. The van der Waals surface area contributed by atoms with Gasteiger partial charge in [-0.15, -0.1) is 0 Å². The number of carbonyl (C=O) groups is 1. The number of ether oxygens (including phenoxy) is 2. The number of nitrogens with one attached hydrogen (secondary N) is 1. The van der Waals surface area contributed by atoms with Gasteiger partial charge < -0.3 is 19.7 Å². The summed E-state index contributed by atoms with van der Waals surface area (Å²) >= 11 is 0. The van der Waals surface area contributed by atoms with E-state index in [1.54, 1.807) is 7.11 Å². The van der Waals surface area contributed by atoms with E-state index in [9.17, 15) is 4.79 Å². The topological polar surface area (TPSA) is 50.8 Å². The average Bonchev–Trinajstić information content (AvgIpc) is 2.71. The van der Waals surface area contributed by atoms with Gasteiger partial charge in [0.15, 0.2) is 0 Å². The van der Waals surface area contributed by atoms with E-state index < -0.39 is 0 Å². The summed E-state index contributed by atoms with van der Waals surface area (Å²) in [4.78, 5) is 14.5. The van der Waals surface area contributed by atoms with Crippen molar-refractivity contribution in [2.75, 3.05) is 20.3 Å². The second-order valence-electron chi connectivity index (χ2n) is 5.96. The summed E-state index contributed by atoms with van der Waals surface area (Å²) in [7, 11) is 1.78. The minimum Gasteiger partial charge on any atom is -0.381 e. The Morgan fingerprint density at radius 3 is 2.37 bits per heavy atom. The molecule has 2 amide bonds. The minimum atomic E-state index is 0.133. The maximum absolute atomic E-state index is 12.5. The quantitative estimate of drug-likeness (QED) is 0.826. The van der Waals surface area contributed by atoms with Gasteiger partial charge in [-0.3, -0.25) is 0 Å². The van der Waals surface area contributed by atoms with E-state index in [1.165, 1.54) is 0 Å². The predicted octanol–water partition coefficient (Wildman–Crippen LogP) is 1.52. The zero-order valence-electron chi connectivity index (χ0n) is 11.6. The van der Waals surface area contributed by atoms with Crippen LogP contribution in [-0.4, -0.2) is 55.5 Å². The highest BCUT2D eigenvalue weighted by Gasteiger charge is 2.43. The Bertz CT molecular complexity index is 317. The van der Waals surface area contributed by atoms with Gasteiger partial charge in [-0.25, -0.2) is 4.79 Å². The van der Waals surface area contributed by atoms with Gasteiger partial charge in [-0.1, -0.05) is 0 Å². The molecule has 2 bridgehead atoms. The molecule has 3 heterocycles. The molecule has 19 heavy (non-hydrogen) atoms. The van der Waals surface area contributed by atoms with Crippen molar-refractivity contribution in [2.45, 2.75) is 62.8 Å². The van der Waals surface area contributed by atoms with Crippen LogP contribution in [0.4, 0.5) is 4.79 Å². The Kier molecular flexibility index (Phi) is 3.93. The van der Waals surface area contributed by atoms with E-state index in [0.717, 1.165) is 51.7 Å². The molecule has 0 spiro atoms. The predicted molar refractivity (Wildman–Crippen MR) is 71.1 cm³/mol. The number of amides is 2. The van der Waals surface area contributed by atoms with Crippen molar-refractivity contribution in [1.82, 2.24) is 10.2 Å². The summed E-state index contributed by atoms with van der Waals surface area (Å²) in [5, 5.41) is 3.19. The molecular weight excluding hydrogens is 244 g/mol. The van der Waals surface area contributed by atoms with Crippen molar-refractivity contribution in [3.63, 3.8) is 0 Å². The molecule has 2 unspecified atom stereocenters. The number of hydrogen-bond donors (Lipinski definition) is 1. The number of hydrogen-bond acceptors (Lipinski definition) is 3. The molecule has 5 nitrogen and oxygen atoms in total. The van der Waals surface area contributed by atoms with E-state index in [-0.39, 0.29) is 6.03 Å². The largest absolute Gasteiger partial charge is 0.381 e. The first-order valence-electron chi connectivity index (χ1n) is 7.47. The minimum absolute atomic E-state index is 0.133. The van der Waals surface area contributed by atoms with Gasteiger partial charge in [0.2, 0.25) is 0 Å². The summed E-state index contributed by atoms with van der Waals surface area (Å²) in [6, 6.07) is 1.18. The first kappa shape index (κ1) is 13.2. The van der Waals surface area contributed by atoms with E-state index in [4.69, 9.17) is 9.47 Å². The first-order valence-corrected chi connectivity index (χ1v) is 7.47. The van der Waals surface area contributed by atoms with Gasteiger partial charge in [-0.2, -0.15) is 0 Å². The van der Waals surface area contributed by atoms with Gasteiger partial charge in [0.25, 0.3) is 0 Å². The third-order valence-electron chi connectivity index (χ3n) is 4.81. The summed E-state index contributed by atoms with van der Waals surface area (Å²) in [5.74, 6) is 0. The Morgan fingerprint density at radius 1 is 1.16 bits per heavy atom. The van der Waals surface area contributed by atoms with Crippen LogP contribution < -0.4 is 5.32 Å². The standard InChI is InChI=1S/C14H24N2O3/c1-18-13-8-11-2-3-12(9-13)16(11)14(17)15-10-4-6-19-7-5-10/h10-13H,2-9H2,1H3,(H,15,17). The van der Waals surface area contributed by atoms with Crippen molar-refractivity contribution >= 4 is 6.03 Å². The van der Waals surface area contributed by atoms with Crippen LogP contribution in [0.25, 0.3) is 0 Å². The van der Waals surface area contributed by atoms with Crippen LogP contribution in [0.5, 0.6) is 0 Å². The molecule has 3 rings (SSSR count). The normalized spacial score (nSPS) is 35.4. The first-order chi connectivity index (χ1) is 9.28. The lowest BCUT2D eigenvalue weighted by molar-refractivity contribution is 0.0189. The fraction of sp³-hybridized carbons (Fsp3) is 0.929. The number of fused-ring (bicyclic) bond motifs is 2. The molecular formula is C14H24N2O3. The maximum Gasteiger partial charge on any atom is 0.318 e. The van der Waals surface area contributed by atoms with E-state index >= 15 is 0 Å². The summed E-state index contributed by atoms with van der Waals surface area (Å²) in [6.45, 7) is 1.53. The van der Waals surface area contributed by atoms with Gasteiger partial charge in [-0.05, 0) is 38.5 Å². The monoisotopic (exact) mass is 268 g/mol. The van der Waals surface area contributed by atoms with E-state index in [2.05, 4.69) is 10.2 Å². The number of carbonyl (C=O) groups excluding carboxylic acids is 1. The number of rotatable bonds is 2. The van der Waals surface area contributed by atoms with Crippen molar-refractivity contribution < 1.29 is 14.3 Å². The molecule has 0 aromatic heterocycles. The highest BCUT2D eigenvalue weighted by atomic mass is 16.5. The van der Waals surface area contributed by atoms with Crippen LogP contribution in [0, 0.1) is 0 Å². The molecule has 108 valence electrons. The third kappa shape index (κ3) is 2.72. The molecule has 0 radical (unpaired) electrons. The number of urea groups is 1. The number of piperidine rings is 1. The second kappa shape index (κ2) is 5.67. The van der Waals surface area contributed by atoms with Crippen LogP contribution >= 0.6 is 0 Å². The van der Waals surface area contributed by atoms with Crippen molar-refractivity contribution in [1.29, 1.82) is 0 Å².